The Hall–Kier alpha value is -3.79. The summed E-state index contributed by atoms with van der Waals surface area (Å²) in [6.45, 7) is 0. The molecule has 0 atom stereocenters. The van der Waals surface area contributed by atoms with Gasteiger partial charge in [0.05, 0.1) is 5.56 Å². The third-order valence-electron chi connectivity index (χ3n) is 3.95. The predicted octanol–water partition coefficient (Wildman–Crippen LogP) is 3.71. The number of carbonyl (C=O) groups excluding carboxylic acids is 1. The lowest BCUT2D eigenvalue weighted by atomic mass is 10.2. The molecule has 4 aromatic rings. The minimum atomic E-state index is -0.409. The molecule has 0 fully saturated rings. The molecule has 30 heavy (non-hydrogen) atoms. The van der Waals surface area contributed by atoms with Crippen LogP contribution in [0.4, 0.5) is 10.4 Å². The highest BCUT2D eigenvalue weighted by molar-refractivity contribution is 7.98. The first-order chi connectivity index (χ1) is 14.7. The Morgan fingerprint density at radius 2 is 1.87 bits per heavy atom. The van der Waals surface area contributed by atoms with Gasteiger partial charge >= 0.3 is 6.01 Å². The summed E-state index contributed by atoms with van der Waals surface area (Å²) in [5, 5.41) is 4.40. The van der Waals surface area contributed by atoms with Crippen molar-refractivity contribution in [1.82, 2.24) is 25.5 Å². The lowest BCUT2D eigenvalue weighted by molar-refractivity contribution is 0.0957. The summed E-state index contributed by atoms with van der Waals surface area (Å²) in [5.41, 5.74) is 7.17. The Morgan fingerprint density at radius 3 is 2.67 bits per heavy atom. The number of halogens is 1. The molecular weight excluding hydrogens is 407 g/mol. The van der Waals surface area contributed by atoms with E-state index in [4.69, 9.17) is 4.52 Å². The van der Waals surface area contributed by atoms with E-state index >= 15 is 0 Å². The number of pyridine rings is 2. The van der Waals surface area contributed by atoms with Crippen molar-refractivity contribution in [2.75, 3.05) is 5.43 Å². The maximum atomic E-state index is 13.0. The van der Waals surface area contributed by atoms with E-state index in [2.05, 4.69) is 31.0 Å². The highest BCUT2D eigenvalue weighted by Crippen LogP contribution is 2.24. The molecule has 3 aromatic heterocycles. The van der Waals surface area contributed by atoms with Gasteiger partial charge in [-0.3, -0.25) is 15.2 Å². The van der Waals surface area contributed by atoms with Crippen molar-refractivity contribution in [1.29, 1.82) is 0 Å². The van der Waals surface area contributed by atoms with Gasteiger partial charge in [0, 0.05) is 29.9 Å². The number of aromatic nitrogens is 4. The molecule has 0 aliphatic rings. The average Bonchev–Trinajstić information content (AvgIpc) is 3.27. The zero-order chi connectivity index (χ0) is 20.8. The fourth-order valence-electron chi connectivity index (χ4n) is 2.48. The molecule has 0 radical (unpaired) electrons. The van der Waals surface area contributed by atoms with E-state index in [-0.39, 0.29) is 11.8 Å². The van der Waals surface area contributed by atoms with Crippen LogP contribution in [-0.4, -0.2) is 26.0 Å². The topological polar surface area (TPSA) is 106 Å². The number of amides is 1. The molecule has 0 saturated carbocycles. The van der Waals surface area contributed by atoms with Gasteiger partial charge in [0.1, 0.15) is 10.8 Å². The predicted molar refractivity (Wildman–Crippen MR) is 109 cm³/mol. The zero-order valence-electron chi connectivity index (χ0n) is 15.4. The van der Waals surface area contributed by atoms with Crippen molar-refractivity contribution in [2.45, 2.75) is 10.8 Å². The standard InChI is InChI=1S/C20H15FN6O2S/c21-15-5-3-13(4-6-15)12-30-19-16(2-1-9-23-19)18(28)25-26-20-24-17(27-29-20)14-7-10-22-11-8-14/h1-11H,12H2,(H,25,28)(H,24,26,27). The zero-order valence-corrected chi connectivity index (χ0v) is 16.3. The van der Waals surface area contributed by atoms with Crippen LogP contribution >= 0.6 is 11.8 Å². The third-order valence-corrected chi connectivity index (χ3v) is 5.03. The average molecular weight is 422 g/mol. The van der Waals surface area contributed by atoms with Crippen LogP contribution < -0.4 is 10.9 Å². The number of rotatable bonds is 7. The van der Waals surface area contributed by atoms with Gasteiger partial charge < -0.3 is 4.52 Å². The van der Waals surface area contributed by atoms with Crippen molar-refractivity contribution in [3.8, 4) is 11.4 Å². The number of hydrogen-bond acceptors (Lipinski definition) is 8. The van der Waals surface area contributed by atoms with Gasteiger partial charge in [-0.25, -0.2) is 14.8 Å². The number of hydrogen-bond donors (Lipinski definition) is 2. The highest BCUT2D eigenvalue weighted by atomic mass is 32.2. The van der Waals surface area contributed by atoms with E-state index < -0.39 is 5.91 Å². The van der Waals surface area contributed by atoms with Crippen LogP contribution in [0.5, 0.6) is 0 Å². The maximum Gasteiger partial charge on any atom is 0.340 e. The number of nitrogens with zero attached hydrogens (tertiary/aromatic N) is 4. The summed E-state index contributed by atoms with van der Waals surface area (Å²) >= 11 is 1.38. The fraction of sp³-hybridized carbons (Fsp3) is 0.0500. The third kappa shape index (κ3) is 4.78. The minimum absolute atomic E-state index is 0.0413. The van der Waals surface area contributed by atoms with Crippen molar-refractivity contribution in [3.63, 3.8) is 0 Å². The number of carbonyl (C=O) groups is 1. The second-order valence-corrected chi connectivity index (χ2v) is 6.97. The molecule has 10 heteroatoms. The van der Waals surface area contributed by atoms with E-state index in [1.54, 1.807) is 55.0 Å². The Balaban J connectivity index is 1.39. The van der Waals surface area contributed by atoms with Gasteiger partial charge in [-0.05, 0) is 42.0 Å². The van der Waals surface area contributed by atoms with Crippen molar-refractivity contribution in [2.24, 2.45) is 0 Å². The molecule has 8 nitrogen and oxygen atoms in total. The molecule has 0 aliphatic carbocycles. The number of thioether (sulfide) groups is 1. The Morgan fingerprint density at radius 1 is 1.07 bits per heavy atom. The Kier molecular flexibility index (Phi) is 5.95. The lowest BCUT2D eigenvalue weighted by Crippen LogP contribution is -2.30. The van der Waals surface area contributed by atoms with Gasteiger partial charge in [0.25, 0.3) is 5.91 Å². The van der Waals surface area contributed by atoms with E-state index in [0.717, 1.165) is 11.1 Å². The first kappa shape index (κ1) is 19.5. The molecule has 0 spiro atoms. The largest absolute Gasteiger partial charge is 0.340 e. The number of anilines is 1. The van der Waals surface area contributed by atoms with Crippen LogP contribution in [0, 0.1) is 5.82 Å². The maximum absolute atomic E-state index is 13.0. The molecule has 1 aromatic carbocycles. The van der Waals surface area contributed by atoms with E-state index in [0.29, 0.717) is 22.2 Å². The van der Waals surface area contributed by atoms with Crippen LogP contribution in [0.25, 0.3) is 11.4 Å². The molecule has 3 heterocycles. The molecule has 0 unspecified atom stereocenters. The van der Waals surface area contributed by atoms with Crippen LogP contribution in [0.15, 0.2) is 76.7 Å². The second kappa shape index (κ2) is 9.14. The summed E-state index contributed by atoms with van der Waals surface area (Å²) < 4.78 is 18.1. The highest BCUT2D eigenvalue weighted by Gasteiger charge is 2.14. The van der Waals surface area contributed by atoms with Crippen molar-refractivity contribution < 1.29 is 13.7 Å². The molecule has 0 aliphatic heterocycles. The van der Waals surface area contributed by atoms with Crippen molar-refractivity contribution >= 4 is 23.7 Å². The second-order valence-electron chi connectivity index (χ2n) is 6.01. The lowest BCUT2D eigenvalue weighted by Gasteiger charge is -2.08. The van der Waals surface area contributed by atoms with Gasteiger partial charge in [0.2, 0.25) is 5.82 Å². The first-order valence-corrected chi connectivity index (χ1v) is 9.80. The number of hydrazine groups is 1. The number of benzene rings is 1. The molecule has 0 bridgehead atoms. The summed E-state index contributed by atoms with van der Waals surface area (Å²) in [5.74, 6) is 0.213. The summed E-state index contributed by atoms with van der Waals surface area (Å²) in [7, 11) is 0. The van der Waals surface area contributed by atoms with Gasteiger partial charge in [-0.15, -0.1) is 11.8 Å². The Labute approximate surface area is 174 Å². The molecule has 150 valence electrons. The monoisotopic (exact) mass is 422 g/mol. The van der Waals surface area contributed by atoms with Crippen LogP contribution in [-0.2, 0) is 5.75 Å². The summed E-state index contributed by atoms with van der Waals surface area (Å²) in [4.78, 5) is 25.0. The van der Waals surface area contributed by atoms with Crippen LogP contribution in [0.1, 0.15) is 15.9 Å². The van der Waals surface area contributed by atoms with Gasteiger partial charge in [-0.1, -0.05) is 17.3 Å². The quantitative estimate of drug-likeness (QED) is 0.343. The SMILES string of the molecule is O=C(NNc1nc(-c2ccncc2)no1)c1cccnc1SCc1ccc(F)cc1. The molecule has 0 saturated heterocycles. The smallest absolute Gasteiger partial charge is 0.313 e. The van der Waals surface area contributed by atoms with Gasteiger partial charge in [-0.2, -0.15) is 4.98 Å². The fourth-order valence-corrected chi connectivity index (χ4v) is 3.43. The van der Waals surface area contributed by atoms with Crippen LogP contribution in [0.3, 0.4) is 0 Å². The van der Waals surface area contributed by atoms with Crippen molar-refractivity contribution in [3.05, 3.63) is 84.1 Å². The summed E-state index contributed by atoms with van der Waals surface area (Å²) in [6, 6.07) is 13.1. The normalized spacial score (nSPS) is 10.6. The first-order valence-electron chi connectivity index (χ1n) is 8.82. The minimum Gasteiger partial charge on any atom is -0.313 e. The number of nitrogens with one attached hydrogen (secondary N) is 2. The molecule has 1 amide bonds. The van der Waals surface area contributed by atoms with Crippen LogP contribution in [0.2, 0.25) is 0 Å². The van der Waals surface area contributed by atoms with E-state index in [1.165, 1.54) is 23.9 Å². The van der Waals surface area contributed by atoms with E-state index in [9.17, 15) is 9.18 Å². The van der Waals surface area contributed by atoms with E-state index in [1.807, 2.05) is 0 Å². The molecular formula is C20H15FN6O2S. The molecule has 4 rings (SSSR count). The molecule has 2 N–H and O–H groups in total. The van der Waals surface area contributed by atoms with Gasteiger partial charge in [0.15, 0.2) is 0 Å². The summed E-state index contributed by atoms with van der Waals surface area (Å²) in [6.07, 6.45) is 4.85. The Bertz CT molecular complexity index is 1140.